The van der Waals surface area contributed by atoms with Gasteiger partial charge in [-0.1, -0.05) is 0 Å². The van der Waals surface area contributed by atoms with Crippen molar-refractivity contribution in [3.8, 4) is 0 Å². The molecule has 2 heterocycles. The fourth-order valence-electron chi connectivity index (χ4n) is 0.915. The average Bonchev–Trinajstić information content (AvgIpc) is 2.65. The normalized spacial score (nSPS) is 10.5. The molecular weight excluding hydrogens is 186 g/mol. The Morgan fingerprint density at radius 2 is 2.46 bits per heavy atom. The number of nitrogens with one attached hydrogen (secondary N) is 1. The highest BCUT2D eigenvalue weighted by atomic mass is 32.2. The molecule has 0 aliphatic carbocycles. The second kappa shape index (κ2) is 3.14. The Labute approximate surface area is 79.4 Å². The lowest BCUT2D eigenvalue weighted by Crippen LogP contribution is -1.90. The Morgan fingerprint density at radius 1 is 1.62 bits per heavy atom. The highest BCUT2D eigenvalue weighted by molar-refractivity contribution is 7.99. The fourth-order valence-corrected chi connectivity index (χ4v) is 1.69. The van der Waals surface area contributed by atoms with Crippen LogP contribution in [0.25, 0.3) is 0 Å². The van der Waals surface area contributed by atoms with E-state index in [-0.39, 0.29) is 0 Å². The lowest BCUT2D eigenvalue weighted by Gasteiger charge is -1.98. The van der Waals surface area contributed by atoms with Crippen LogP contribution in [0.3, 0.4) is 0 Å². The van der Waals surface area contributed by atoms with Crippen LogP contribution in [0.4, 0.5) is 5.82 Å². The molecule has 0 aliphatic heterocycles. The van der Waals surface area contributed by atoms with Gasteiger partial charge in [0.05, 0.1) is 11.1 Å². The summed E-state index contributed by atoms with van der Waals surface area (Å²) in [6, 6.07) is 0. The maximum Gasteiger partial charge on any atom is 0.172 e. The molecule has 0 amide bonds. The van der Waals surface area contributed by atoms with Gasteiger partial charge in [-0.2, -0.15) is 5.10 Å². The molecule has 0 unspecified atom stereocenters. The Balaban J connectivity index is 2.24. The van der Waals surface area contributed by atoms with Gasteiger partial charge >= 0.3 is 0 Å². The first-order valence-corrected chi connectivity index (χ1v) is 4.53. The minimum atomic E-state index is 0.577. The maximum absolute atomic E-state index is 5.63. The van der Waals surface area contributed by atoms with E-state index in [4.69, 9.17) is 5.73 Å². The Kier molecular flexibility index (Phi) is 1.97. The number of rotatable bonds is 2. The van der Waals surface area contributed by atoms with Crippen molar-refractivity contribution >= 4 is 17.6 Å². The van der Waals surface area contributed by atoms with Gasteiger partial charge in [0.1, 0.15) is 5.82 Å². The second-order valence-electron chi connectivity index (χ2n) is 2.57. The Hall–Kier alpha value is -1.43. The van der Waals surface area contributed by atoms with Crippen molar-refractivity contribution in [3.63, 3.8) is 0 Å². The Morgan fingerprint density at radius 3 is 3.00 bits per heavy atom. The lowest BCUT2D eigenvalue weighted by atomic mass is 10.7. The lowest BCUT2D eigenvalue weighted by molar-refractivity contribution is 0.790. The molecule has 2 aromatic rings. The number of H-pyrrole nitrogens is 1. The molecule has 2 rings (SSSR count). The van der Waals surface area contributed by atoms with Crippen molar-refractivity contribution in [3.05, 3.63) is 18.6 Å². The summed E-state index contributed by atoms with van der Waals surface area (Å²) in [6.45, 7) is 0. The molecule has 3 N–H and O–H groups in total. The molecular formula is C7H9N5S. The predicted octanol–water partition coefficient (Wildman–Crippen LogP) is 0.877. The van der Waals surface area contributed by atoms with Gasteiger partial charge in [0.25, 0.3) is 0 Å². The number of aromatic amines is 1. The van der Waals surface area contributed by atoms with Gasteiger partial charge in [0, 0.05) is 19.4 Å². The van der Waals surface area contributed by atoms with Crippen molar-refractivity contribution in [2.75, 3.05) is 5.73 Å². The van der Waals surface area contributed by atoms with Gasteiger partial charge in [0.15, 0.2) is 5.16 Å². The number of nitrogens with two attached hydrogens (primary N) is 1. The third-order valence-electron chi connectivity index (χ3n) is 1.61. The van der Waals surface area contributed by atoms with Gasteiger partial charge in [-0.15, -0.1) is 0 Å². The van der Waals surface area contributed by atoms with Crippen LogP contribution in [0.2, 0.25) is 0 Å². The monoisotopic (exact) mass is 195 g/mol. The van der Waals surface area contributed by atoms with E-state index in [1.54, 1.807) is 12.4 Å². The third-order valence-corrected chi connectivity index (χ3v) is 2.73. The molecule has 5 nitrogen and oxygen atoms in total. The van der Waals surface area contributed by atoms with Crippen molar-refractivity contribution in [2.45, 2.75) is 10.1 Å². The number of aromatic nitrogens is 4. The molecule has 0 bridgehead atoms. The topological polar surface area (TPSA) is 72.5 Å². The van der Waals surface area contributed by atoms with Crippen LogP contribution in [0.5, 0.6) is 0 Å². The van der Waals surface area contributed by atoms with E-state index < -0.39 is 0 Å². The van der Waals surface area contributed by atoms with E-state index in [0.717, 1.165) is 10.1 Å². The number of imidazole rings is 1. The van der Waals surface area contributed by atoms with Crippen molar-refractivity contribution < 1.29 is 0 Å². The molecule has 0 spiro atoms. The molecule has 6 heteroatoms. The zero-order valence-electron chi connectivity index (χ0n) is 7.06. The summed E-state index contributed by atoms with van der Waals surface area (Å²) in [4.78, 5) is 5.06. The SMILES string of the molecule is Cn1ccnc1Sc1cn[nH]c1N. The number of hydrogen-bond donors (Lipinski definition) is 2. The highest BCUT2D eigenvalue weighted by Crippen LogP contribution is 2.28. The van der Waals surface area contributed by atoms with Crippen LogP contribution in [-0.4, -0.2) is 19.7 Å². The Bertz CT molecular complexity index is 366. The van der Waals surface area contributed by atoms with Crippen molar-refractivity contribution in [1.29, 1.82) is 0 Å². The summed E-state index contributed by atoms with van der Waals surface area (Å²) < 4.78 is 1.93. The molecule has 0 saturated heterocycles. The average molecular weight is 195 g/mol. The minimum absolute atomic E-state index is 0.577. The number of nitrogens with zero attached hydrogens (tertiary/aromatic N) is 3. The maximum atomic E-state index is 5.63. The van der Waals surface area contributed by atoms with Crippen LogP contribution in [0, 0.1) is 0 Å². The van der Waals surface area contributed by atoms with Crippen LogP contribution < -0.4 is 5.73 Å². The molecule has 13 heavy (non-hydrogen) atoms. The fraction of sp³-hybridized carbons (Fsp3) is 0.143. The molecule has 0 atom stereocenters. The van der Waals surface area contributed by atoms with Crippen molar-refractivity contribution in [2.24, 2.45) is 7.05 Å². The molecule has 0 aliphatic rings. The van der Waals surface area contributed by atoms with Gasteiger partial charge in [-0.3, -0.25) is 5.10 Å². The summed E-state index contributed by atoms with van der Waals surface area (Å²) >= 11 is 1.49. The molecule has 2 aromatic heterocycles. The predicted molar refractivity (Wildman–Crippen MR) is 50.3 cm³/mol. The first-order chi connectivity index (χ1) is 6.27. The standard InChI is InChI=1S/C7H9N5S/c1-12-3-2-9-7(12)13-5-4-10-11-6(5)8/h2-4H,1H3,(H3,8,10,11). The van der Waals surface area contributed by atoms with Gasteiger partial charge in [-0.05, 0) is 11.8 Å². The number of nitrogen functional groups attached to an aromatic ring is 1. The highest BCUT2D eigenvalue weighted by Gasteiger charge is 2.06. The van der Waals surface area contributed by atoms with Crippen LogP contribution in [-0.2, 0) is 7.05 Å². The summed E-state index contributed by atoms with van der Waals surface area (Å²) in [5, 5.41) is 7.39. The summed E-state index contributed by atoms with van der Waals surface area (Å²) in [5.41, 5.74) is 5.63. The largest absolute Gasteiger partial charge is 0.383 e. The zero-order valence-corrected chi connectivity index (χ0v) is 7.88. The van der Waals surface area contributed by atoms with Crippen LogP contribution in [0.15, 0.2) is 28.6 Å². The van der Waals surface area contributed by atoms with Crippen molar-refractivity contribution in [1.82, 2.24) is 19.7 Å². The molecule has 0 saturated carbocycles. The van der Waals surface area contributed by atoms with E-state index >= 15 is 0 Å². The van der Waals surface area contributed by atoms with E-state index in [0.29, 0.717) is 5.82 Å². The molecule has 0 fully saturated rings. The first-order valence-electron chi connectivity index (χ1n) is 3.71. The summed E-state index contributed by atoms with van der Waals surface area (Å²) in [7, 11) is 1.94. The van der Waals surface area contributed by atoms with Crippen LogP contribution in [0.1, 0.15) is 0 Å². The summed E-state index contributed by atoms with van der Waals surface area (Å²) in [6.07, 6.45) is 5.33. The quantitative estimate of drug-likeness (QED) is 0.746. The molecule has 0 aromatic carbocycles. The molecule has 68 valence electrons. The smallest absolute Gasteiger partial charge is 0.172 e. The van der Waals surface area contributed by atoms with Gasteiger partial charge in [-0.25, -0.2) is 4.98 Å². The van der Waals surface area contributed by atoms with Gasteiger partial charge in [0.2, 0.25) is 0 Å². The van der Waals surface area contributed by atoms with E-state index in [9.17, 15) is 0 Å². The summed E-state index contributed by atoms with van der Waals surface area (Å²) in [5.74, 6) is 0.577. The minimum Gasteiger partial charge on any atom is -0.383 e. The van der Waals surface area contributed by atoms with Gasteiger partial charge < -0.3 is 10.3 Å². The first kappa shape index (κ1) is 8.18. The number of hydrogen-bond acceptors (Lipinski definition) is 4. The molecule has 0 radical (unpaired) electrons. The third kappa shape index (κ3) is 1.52. The van der Waals surface area contributed by atoms with E-state index in [1.807, 2.05) is 17.8 Å². The second-order valence-corrected chi connectivity index (χ2v) is 3.58. The van der Waals surface area contributed by atoms with Crippen LogP contribution >= 0.6 is 11.8 Å². The van der Waals surface area contributed by atoms with E-state index in [1.165, 1.54) is 11.8 Å². The zero-order chi connectivity index (χ0) is 9.26. The number of aryl methyl sites for hydroxylation is 1. The van der Waals surface area contributed by atoms with E-state index in [2.05, 4.69) is 15.2 Å². The number of anilines is 1.